The van der Waals surface area contributed by atoms with Crippen molar-refractivity contribution in [2.45, 2.75) is 45.1 Å². The van der Waals surface area contributed by atoms with E-state index >= 15 is 0 Å². The fourth-order valence-electron chi connectivity index (χ4n) is 2.88. The van der Waals surface area contributed by atoms with Crippen LogP contribution < -0.4 is 15.4 Å². The number of aryl methyl sites for hydroxylation is 1. The number of benzene rings is 1. The van der Waals surface area contributed by atoms with Crippen molar-refractivity contribution in [2.75, 3.05) is 20.7 Å². The van der Waals surface area contributed by atoms with E-state index in [9.17, 15) is 0 Å². The van der Waals surface area contributed by atoms with Crippen LogP contribution in [0, 0.1) is 6.92 Å². The lowest BCUT2D eigenvalue weighted by Gasteiger charge is -2.17. The first-order chi connectivity index (χ1) is 10.2. The summed E-state index contributed by atoms with van der Waals surface area (Å²) in [6.07, 6.45) is 6.10. The van der Waals surface area contributed by atoms with Gasteiger partial charge in [-0.15, -0.1) is 0 Å². The first-order valence-electron chi connectivity index (χ1n) is 7.83. The lowest BCUT2D eigenvalue weighted by molar-refractivity contribution is 0.409. The van der Waals surface area contributed by atoms with Gasteiger partial charge in [0.05, 0.1) is 7.11 Å². The Morgan fingerprint density at radius 2 is 2.10 bits per heavy atom. The van der Waals surface area contributed by atoms with Crippen molar-refractivity contribution in [3.05, 3.63) is 29.3 Å². The van der Waals surface area contributed by atoms with Crippen LogP contribution in [0.1, 0.15) is 36.8 Å². The number of guanidine groups is 1. The number of ether oxygens (including phenoxy) is 1. The van der Waals surface area contributed by atoms with Crippen LogP contribution in [-0.2, 0) is 6.42 Å². The van der Waals surface area contributed by atoms with E-state index in [4.69, 9.17) is 4.74 Å². The zero-order valence-corrected chi connectivity index (χ0v) is 13.4. The molecule has 0 aliphatic heterocycles. The number of aliphatic imine (C=N–C) groups is 1. The molecule has 0 saturated heterocycles. The summed E-state index contributed by atoms with van der Waals surface area (Å²) in [5, 5.41) is 6.90. The van der Waals surface area contributed by atoms with Crippen molar-refractivity contribution >= 4 is 5.96 Å². The predicted octanol–water partition coefficient (Wildman–Crippen LogP) is 2.65. The predicted molar refractivity (Wildman–Crippen MR) is 88.2 cm³/mol. The van der Waals surface area contributed by atoms with Gasteiger partial charge in [-0.1, -0.05) is 30.5 Å². The average Bonchev–Trinajstić information content (AvgIpc) is 2.99. The van der Waals surface area contributed by atoms with Crippen molar-refractivity contribution in [1.82, 2.24) is 10.6 Å². The maximum atomic E-state index is 5.42. The highest BCUT2D eigenvalue weighted by atomic mass is 16.5. The Kier molecular flexibility index (Phi) is 5.90. The Labute approximate surface area is 128 Å². The third-order valence-electron chi connectivity index (χ3n) is 4.04. The summed E-state index contributed by atoms with van der Waals surface area (Å²) in [4.78, 5) is 4.31. The molecule has 0 bridgehead atoms. The molecule has 0 spiro atoms. The molecule has 0 heterocycles. The molecule has 1 aliphatic rings. The molecule has 0 atom stereocenters. The summed E-state index contributed by atoms with van der Waals surface area (Å²) in [6, 6.07) is 6.89. The second-order valence-corrected chi connectivity index (χ2v) is 5.69. The smallest absolute Gasteiger partial charge is 0.191 e. The van der Waals surface area contributed by atoms with Gasteiger partial charge in [0.25, 0.3) is 0 Å². The maximum Gasteiger partial charge on any atom is 0.191 e. The summed E-state index contributed by atoms with van der Waals surface area (Å²) in [5.41, 5.74) is 2.50. The molecule has 0 unspecified atom stereocenters. The summed E-state index contributed by atoms with van der Waals surface area (Å²) < 4.78 is 5.42. The van der Waals surface area contributed by atoms with Gasteiger partial charge in [0.2, 0.25) is 0 Å². The normalized spacial score (nSPS) is 16.0. The van der Waals surface area contributed by atoms with Crippen LogP contribution in [0.25, 0.3) is 0 Å². The number of methoxy groups -OCH3 is 1. The zero-order valence-electron chi connectivity index (χ0n) is 13.4. The molecule has 1 aromatic rings. The fourth-order valence-corrected chi connectivity index (χ4v) is 2.88. The van der Waals surface area contributed by atoms with Gasteiger partial charge < -0.3 is 15.4 Å². The third-order valence-corrected chi connectivity index (χ3v) is 4.04. The van der Waals surface area contributed by atoms with Crippen LogP contribution in [0.15, 0.2) is 23.2 Å². The van der Waals surface area contributed by atoms with Gasteiger partial charge >= 0.3 is 0 Å². The van der Waals surface area contributed by atoms with Crippen molar-refractivity contribution < 1.29 is 4.74 Å². The van der Waals surface area contributed by atoms with E-state index in [0.717, 1.165) is 24.7 Å². The van der Waals surface area contributed by atoms with Gasteiger partial charge in [0.1, 0.15) is 5.75 Å². The first kappa shape index (κ1) is 15.7. The monoisotopic (exact) mass is 289 g/mol. The highest BCUT2D eigenvalue weighted by Crippen LogP contribution is 2.20. The highest BCUT2D eigenvalue weighted by Gasteiger charge is 2.15. The molecule has 4 nitrogen and oxygen atoms in total. The lowest BCUT2D eigenvalue weighted by Crippen LogP contribution is -2.43. The molecule has 1 saturated carbocycles. The Morgan fingerprint density at radius 1 is 1.33 bits per heavy atom. The Hall–Kier alpha value is -1.71. The van der Waals surface area contributed by atoms with Crippen LogP contribution in [0.5, 0.6) is 5.75 Å². The minimum absolute atomic E-state index is 0.588. The maximum absolute atomic E-state index is 5.42. The van der Waals surface area contributed by atoms with Crippen LogP contribution in [0.2, 0.25) is 0 Å². The van der Waals surface area contributed by atoms with Crippen molar-refractivity contribution in [3.8, 4) is 5.75 Å². The van der Waals surface area contributed by atoms with Crippen LogP contribution in [0.3, 0.4) is 0 Å². The molecule has 0 amide bonds. The topological polar surface area (TPSA) is 45.7 Å². The molecule has 2 rings (SSSR count). The van der Waals surface area contributed by atoms with E-state index in [1.54, 1.807) is 7.11 Å². The van der Waals surface area contributed by atoms with Gasteiger partial charge in [0, 0.05) is 19.6 Å². The van der Waals surface area contributed by atoms with E-state index in [-0.39, 0.29) is 0 Å². The van der Waals surface area contributed by atoms with Crippen molar-refractivity contribution in [1.29, 1.82) is 0 Å². The average molecular weight is 289 g/mol. The Balaban J connectivity index is 1.83. The molecule has 2 N–H and O–H groups in total. The number of hydrogen-bond donors (Lipinski definition) is 2. The minimum Gasteiger partial charge on any atom is -0.496 e. The molecule has 116 valence electrons. The van der Waals surface area contributed by atoms with Crippen LogP contribution >= 0.6 is 0 Å². The summed E-state index contributed by atoms with van der Waals surface area (Å²) in [5.74, 6) is 1.87. The fraction of sp³-hybridized carbons (Fsp3) is 0.588. The van der Waals surface area contributed by atoms with Crippen LogP contribution in [0.4, 0.5) is 0 Å². The van der Waals surface area contributed by atoms with E-state index in [0.29, 0.717) is 6.04 Å². The lowest BCUT2D eigenvalue weighted by atomic mass is 10.1. The van der Waals surface area contributed by atoms with Crippen LogP contribution in [-0.4, -0.2) is 32.7 Å². The quantitative estimate of drug-likeness (QED) is 0.647. The SMILES string of the molecule is CN=C(NCCc1cc(C)ccc1OC)NC1CCCC1. The van der Waals surface area contributed by atoms with Gasteiger partial charge in [0.15, 0.2) is 5.96 Å². The molecule has 4 heteroatoms. The third kappa shape index (κ3) is 4.66. The molecule has 21 heavy (non-hydrogen) atoms. The number of rotatable bonds is 5. The van der Waals surface area contributed by atoms with E-state index in [1.165, 1.54) is 36.8 Å². The van der Waals surface area contributed by atoms with Gasteiger partial charge in [-0.25, -0.2) is 0 Å². The Bertz CT molecular complexity index is 479. The molecule has 0 radical (unpaired) electrons. The summed E-state index contributed by atoms with van der Waals surface area (Å²) in [7, 11) is 3.56. The van der Waals surface area contributed by atoms with Crippen molar-refractivity contribution in [3.63, 3.8) is 0 Å². The highest BCUT2D eigenvalue weighted by molar-refractivity contribution is 5.80. The zero-order chi connectivity index (χ0) is 15.1. The van der Waals surface area contributed by atoms with Gasteiger partial charge in [-0.2, -0.15) is 0 Å². The number of hydrogen-bond acceptors (Lipinski definition) is 2. The summed E-state index contributed by atoms with van der Waals surface area (Å²) in [6.45, 7) is 2.96. The molecular weight excluding hydrogens is 262 g/mol. The van der Waals surface area contributed by atoms with Gasteiger partial charge in [-0.05, 0) is 37.8 Å². The number of nitrogens with one attached hydrogen (secondary N) is 2. The molecule has 0 aromatic heterocycles. The van der Waals surface area contributed by atoms with E-state index < -0.39 is 0 Å². The Morgan fingerprint density at radius 3 is 2.76 bits per heavy atom. The molecule has 1 fully saturated rings. The standard InChI is InChI=1S/C17H27N3O/c1-13-8-9-16(21-3)14(12-13)10-11-19-17(18-2)20-15-6-4-5-7-15/h8-9,12,15H,4-7,10-11H2,1-3H3,(H2,18,19,20). The molecule has 1 aromatic carbocycles. The van der Waals surface area contributed by atoms with Crippen molar-refractivity contribution in [2.24, 2.45) is 4.99 Å². The molecule has 1 aliphatic carbocycles. The second kappa shape index (κ2) is 7.91. The molecular formula is C17H27N3O. The minimum atomic E-state index is 0.588. The van der Waals surface area contributed by atoms with Gasteiger partial charge in [-0.3, -0.25) is 4.99 Å². The van der Waals surface area contributed by atoms with E-state index in [1.807, 2.05) is 13.1 Å². The largest absolute Gasteiger partial charge is 0.496 e. The number of nitrogens with zero attached hydrogens (tertiary/aromatic N) is 1. The first-order valence-corrected chi connectivity index (χ1v) is 7.83. The second-order valence-electron chi connectivity index (χ2n) is 5.69. The summed E-state index contributed by atoms with van der Waals surface area (Å²) >= 11 is 0. The van der Waals surface area contributed by atoms with E-state index in [2.05, 4.69) is 34.7 Å².